The van der Waals surface area contributed by atoms with Crippen LogP contribution in [0.2, 0.25) is 0 Å². The van der Waals surface area contributed by atoms with Gasteiger partial charge in [0.2, 0.25) is 0 Å². The molecule has 0 N–H and O–H groups in total. The molecule has 1 aliphatic heterocycles. The summed E-state index contributed by atoms with van der Waals surface area (Å²) in [5.74, 6) is 1.40. The van der Waals surface area contributed by atoms with Gasteiger partial charge in [0.1, 0.15) is 17.6 Å². The Morgan fingerprint density at radius 3 is 2.34 bits per heavy atom. The minimum Gasteiger partial charge on any atom is -0.497 e. The van der Waals surface area contributed by atoms with E-state index in [4.69, 9.17) is 9.47 Å². The number of carbonyl (C=O) groups excluding carboxylic acids is 2. The van der Waals surface area contributed by atoms with E-state index in [9.17, 15) is 9.59 Å². The molecule has 2 aromatic carbocycles. The maximum atomic E-state index is 13.8. The van der Waals surface area contributed by atoms with Crippen molar-refractivity contribution in [3.8, 4) is 11.5 Å². The Bertz CT molecular complexity index is 990. The molecule has 0 saturated heterocycles. The van der Waals surface area contributed by atoms with E-state index in [1.54, 1.807) is 12.0 Å². The van der Waals surface area contributed by atoms with Crippen molar-refractivity contribution >= 4 is 11.8 Å². The zero-order valence-corrected chi connectivity index (χ0v) is 21.1. The number of hydrogen-bond donors (Lipinski definition) is 0. The van der Waals surface area contributed by atoms with E-state index in [-0.39, 0.29) is 24.0 Å². The smallest absolute Gasteiger partial charge is 0.257 e. The van der Waals surface area contributed by atoms with Gasteiger partial charge >= 0.3 is 0 Å². The van der Waals surface area contributed by atoms with Gasteiger partial charge in [-0.15, -0.1) is 0 Å². The molecule has 188 valence electrons. The number of ether oxygens (including phenoxy) is 2. The molecule has 0 spiro atoms. The van der Waals surface area contributed by atoms with E-state index in [0.717, 1.165) is 76.6 Å². The summed E-state index contributed by atoms with van der Waals surface area (Å²) in [5.41, 5.74) is 1.27. The van der Waals surface area contributed by atoms with Gasteiger partial charge in [-0.2, -0.15) is 0 Å². The zero-order chi connectivity index (χ0) is 24.6. The zero-order valence-electron chi connectivity index (χ0n) is 21.1. The number of methoxy groups -OCH3 is 1. The van der Waals surface area contributed by atoms with Crippen LogP contribution in [0.1, 0.15) is 78.5 Å². The van der Waals surface area contributed by atoms with Crippen LogP contribution in [0.15, 0.2) is 48.5 Å². The standard InChI is InChI=1S/C29H38N2O4/c1-30-20-10-4-3-5-11-21-31(28(32)22-16-18-23(34-2)19-17-22)25-13-7-9-15-27(25)35-26-14-8-6-12-24(26)29(30)33/h6,8,12,14,16-19,25,27H,3-5,7,9-11,13,15,20-21H2,1-2H3/t25-,27+/m1/s1. The first-order valence-corrected chi connectivity index (χ1v) is 13.0. The number of fused-ring (bicyclic) bond motifs is 2. The molecule has 1 aliphatic carbocycles. The van der Waals surface area contributed by atoms with Crippen molar-refractivity contribution in [2.75, 3.05) is 27.2 Å². The van der Waals surface area contributed by atoms with Crippen LogP contribution in [0, 0.1) is 0 Å². The van der Waals surface area contributed by atoms with Gasteiger partial charge in [-0.3, -0.25) is 9.59 Å². The van der Waals surface area contributed by atoms with Crippen molar-refractivity contribution in [3.63, 3.8) is 0 Å². The lowest BCUT2D eigenvalue weighted by atomic mass is 9.90. The molecule has 35 heavy (non-hydrogen) atoms. The highest BCUT2D eigenvalue weighted by molar-refractivity contribution is 5.97. The average molecular weight is 479 g/mol. The van der Waals surface area contributed by atoms with Crippen LogP contribution in [-0.2, 0) is 0 Å². The van der Waals surface area contributed by atoms with Gasteiger partial charge < -0.3 is 19.3 Å². The summed E-state index contributed by atoms with van der Waals surface area (Å²) in [6, 6.07) is 14.9. The predicted octanol–water partition coefficient (Wildman–Crippen LogP) is 5.56. The highest BCUT2D eigenvalue weighted by Gasteiger charge is 2.35. The molecule has 0 bridgehead atoms. The molecule has 0 aromatic heterocycles. The first-order chi connectivity index (χ1) is 17.1. The van der Waals surface area contributed by atoms with Gasteiger partial charge in [0, 0.05) is 25.7 Å². The third kappa shape index (κ3) is 6.16. The van der Waals surface area contributed by atoms with Crippen molar-refractivity contribution in [3.05, 3.63) is 59.7 Å². The fourth-order valence-corrected chi connectivity index (χ4v) is 5.27. The van der Waals surface area contributed by atoms with Crippen LogP contribution in [-0.4, -0.2) is 61.0 Å². The third-order valence-corrected chi connectivity index (χ3v) is 7.30. The topological polar surface area (TPSA) is 59.1 Å². The third-order valence-electron chi connectivity index (χ3n) is 7.30. The van der Waals surface area contributed by atoms with Crippen LogP contribution in [0.25, 0.3) is 0 Å². The molecule has 2 atom stereocenters. The second kappa shape index (κ2) is 12.1. The summed E-state index contributed by atoms with van der Waals surface area (Å²) in [4.78, 5) is 30.8. The maximum absolute atomic E-state index is 13.8. The summed E-state index contributed by atoms with van der Waals surface area (Å²) in [7, 11) is 3.50. The second-order valence-electron chi connectivity index (χ2n) is 9.73. The van der Waals surface area contributed by atoms with Crippen LogP contribution < -0.4 is 9.47 Å². The fraction of sp³-hybridized carbons (Fsp3) is 0.517. The van der Waals surface area contributed by atoms with E-state index in [2.05, 4.69) is 0 Å². The van der Waals surface area contributed by atoms with E-state index in [0.29, 0.717) is 16.9 Å². The van der Waals surface area contributed by atoms with Gasteiger partial charge in [0.25, 0.3) is 11.8 Å². The number of rotatable bonds is 2. The van der Waals surface area contributed by atoms with E-state index in [1.165, 1.54) is 0 Å². The molecular formula is C29H38N2O4. The number of carbonyl (C=O) groups is 2. The minimum absolute atomic E-state index is 0.00556. The maximum Gasteiger partial charge on any atom is 0.257 e. The lowest BCUT2D eigenvalue weighted by Gasteiger charge is -2.40. The largest absolute Gasteiger partial charge is 0.497 e. The Morgan fingerprint density at radius 1 is 0.886 bits per heavy atom. The second-order valence-corrected chi connectivity index (χ2v) is 9.73. The van der Waals surface area contributed by atoms with Crippen molar-refractivity contribution in [2.45, 2.75) is 69.9 Å². The van der Waals surface area contributed by atoms with Crippen LogP contribution in [0.4, 0.5) is 0 Å². The minimum atomic E-state index is -0.143. The average Bonchev–Trinajstić information content (AvgIpc) is 2.90. The molecule has 1 heterocycles. The monoisotopic (exact) mass is 478 g/mol. The number of nitrogens with zero attached hydrogens (tertiary/aromatic N) is 2. The highest BCUT2D eigenvalue weighted by Crippen LogP contribution is 2.31. The Hall–Kier alpha value is -3.02. The lowest BCUT2D eigenvalue weighted by molar-refractivity contribution is 0.0270. The van der Waals surface area contributed by atoms with Crippen molar-refractivity contribution in [1.82, 2.24) is 9.80 Å². The lowest BCUT2D eigenvalue weighted by Crippen LogP contribution is -2.51. The molecule has 6 nitrogen and oxygen atoms in total. The first kappa shape index (κ1) is 25.1. The molecule has 4 rings (SSSR count). The Labute approximate surface area is 209 Å². The Morgan fingerprint density at radius 2 is 1.57 bits per heavy atom. The van der Waals surface area contributed by atoms with Gasteiger partial charge in [0.05, 0.1) is 18.7 Å². The number of para-hydroxylation sites is 1. The van der Waals surface area contributed by atoms with Gasteiger partial charge in [-0.25, -0.2) is 0 Å². The quantitative estimate of drug-likeness (QED) is 0.567. The van der Waals surface area contributed by atoms with E-state index < -0.39 is 0 Å². The van der Waals surface area contributed by atoms with Crippen LogP contribution >= 0.6 is 0 Å². The van der Waals surface area contributed by atoms with Crippen molar-refractivity contribution in [2.24, 2.45) is 0 Å². The predicted molar refractivity (Wildman–Crippen MR) is 137 cm³/mol. The van der Waals surface area contributed by atoms with Crippen molar-refractivity contribution < 1.29 is 19.1 Å². The number of benzene rings is 2. The number of amides is 2. The first-order valence-electron chi connectivity index (χ1n) is 13.0. The normalized spacial score (nSPS) is 22.2. The van der Waals surface area contributed by atoms with E-state index in [1.807, 2.05) is 60.5 Å². The summed E-state index contributed by atoms with van der Waals surface area (Å²) < 4.78 is 11.9. The van der Waals surface area contributed by atoms with E-state index >= 15 is 0 Å². The number of hydrogen-bond acceptors (Lipinski definition) is 4. The summed E-state index contributed by atoms with van der Waals surface area (Å²) >= 11 is 0. The summed E-state index contributed by atoms with van der Waals surface area (Å²) in [6.07, 6.45) is 8.96. The highest BCUT2D eigenvalue weighted by atomic mass is 16.5. The van der Waals surface area contributed by atoms with Gasteiger partial charge in [-0.05, 0) is 68.5 Å². The molecule has 1 fully saturated rings. The van der Waals surface area contributed by atoms with Crippen LogP contribution in [0.3, 0.4) is 0 Å². The van der Waals surface area contributed by atoms with Gasteiger partial charge in [-0.1, -0.05) is 37.8 Å². The fourth-order valence-electron chi connectivity index (χ4n) is 5.27. The molecule has 0 radical (unpaired) electrons. The van der Waals surface area contributed by atoms with Gasteiger partial charge in [0.15, 0.2) is 0 Å². The summed E-state index contributed by atoms with van der Waals surface area (Å²) in [5, 5.41) is 0. The molecule has 1 saturated carbocycles. The molecule has 2 aliphatic rings. The molecule has 0 unspecified atom stereocenters. The molecule has 2 amide bonds. The SMILES string of the molecule is COc1ccc(C(=O)N2CCCCCCCN(C)C(=O)c3ccccc3O[C@H]3CCCC[C@H]32)cc1. The van der Waals surface area contributed by atoms with Crippen molar-refractivity contribution in [1.29, 1.82) is 0 Å². The summed E-state index contributed by atoms with van der Waals surface area (Å²) in [6.45, 7) is 1.46. The van der Waals surface area contributed by atoms with Crippen LogP contribution in [0.5, 0.6) is 11.5 Å². The molecular weight excluding hydrogens is 440 g/mol. The molecule has 6 heteroatoms. The Balaban J connectivity index is 1.65. The molecule has 2 aromatic rings. The Kier molecular flexibility index (Phi) is 8.67.